The summed E-state index contributed by atoms with van der Waals surface area (Å²) >= 11 is 3.12. The highest BCUT2D eigenvalue weighted by Gasteiger charge is 2.12. The van der Waals surface area contributed by atoms with E-state index in [1.807, 2.05) is 35.7 Å². The number of para-hydroxylation sites is 1. The van der Waals surface area contributed by atoms with E-state index in [0.29, 0.717) is 11.9 Å². The molecule has 0 fully saturated rings. The van der Waals surface area contributed by atoms with Crippen LogP contribution in [0.3, 0.4) is 0 Å². The molecule has 0 saturated carbocycles. The Morgan fingerprint density at radius 1 is 1.27 bits per heavy atom. The maximum atomic E-state index is 12.7. The van der Waals surface area contributed by atoms with Gasteiger partial charge in [-0.3, -0.25) is 9.36 Å². The van der Waals surface area contributed by atoms with Crippen LogP contribution in [0.4, 0.5) is 0 Å². The minimum atomic E-state index is -0.0159. The molecule has 0 amide bonds. The van der Waals surface area contributed by atoms with Gasteiger partial charge in [0.25, 0.3) is 5.56 Å². The summed E-state index contributed by atoms with van der Waals surface area (Å²) in [5.41, 5.74) is 1.78. The summed E-state index contributed by atoms with van der Waals surface area (Å²) in [5, 5.41) is 3.54. The number of nitrogens with zero attached hydrogens (tertiary/aromatic N) is 3. The lowest BCUT2D eigenvalue weighted by molar-refractivity contribution is 0.416. The molecule has 132 valence electrons. The molecule has 0 saturated heterocycles. The highest BCUT2D eigenvalue weighted by atomic mass is 32.1. The van der Waals surface area contributed by atoms with E-state index in [9.17, 15) is 4.79 Å². The standard InChI is InChI=1S/C19H17N3O2S2/c1-3-13-8-15-17(26-13)20-11-22(19(15)23)9-12-10-25-18(21-12)14-6-4-5-7-16(14)24-2/h4-8,10-11H,3,9H2,1-2H3. The normalized spacial score (nSPS) is 11.2. The molecule has 0 N–H and O–H groups in total. The van der Waals surface area contributed by atoms with E-state index in [4.69, 9.17) is 4.74 Å². The van der Waals surface area contributed by atoms with E-state index in [-0.39, 0.29) is 5.56 Å². The SMILES string of the molecule is CCc1cc2c(=O)n(Cc3csc(-c4ccccc4OC)n3)cnc2s1. The van der Waals surface area contributed by atoms with Gasteiger partial charge in [0.05, 0.1) is 36.6 Å². The fraction of sp³-hybridized carbons (Fsp3) is 0.211. The van der Waals surface area contributed by atoms with Crippen molar-refractivity contribution < 1.29 is 4.74 Å². The van der Waals surface area contributed by atoms with Gasteiger partial charge in [-0.25, -0.2) is 9.97 Å². The fourth-order valence-electron chi connectivity index (χ4n) is 2.80. The number of benzene rings is 1. The van der Waals surface area contributed by atoms with Crippen molar-refractivity contribution in [1.29, 1.82) is 0 Å². The number of methoxy groups -OCH3 is 1. The number of fused-ring (bicyclic) bond motifs is 1. The Hall–Kier alpha value is -2.51. The van der Waals surface area contributed by atoms with Gasteiger partial charge in [-0.05, 0) is 24.6 Å². The summed E-state index contributed by atoms with van der Waals surface area (Å²) in [6.07, 6.45) is 2.53. The molecule has 26 heavy (non-hydrogen) atoms. The Morgan fingerprint density at radius 2 is 2.12 bits per heavy atom. The lowest BCUT2D eigenvalue weighted by atomic mass is 10.2. The molecule has 0 aliphatic rings. The lowest BCUT2D eigenvalue weighted by Gasteiger charge is -2.05. The molecule has 4 rings (SSSR count). The van der Waals surface area contributed by atoms with Crippen LogP contribution < -0.4 is 10.3 Å². The van der Waals surface area contributed by atoms with Crippen LogP contribution in [0, 0.1) is 0 Å². The van der Waals surface area contributed by atoms with Gasteiger partial charge in [-0.1, -0.05) is 19.1 Å². The van der Waals surface area contributed by atoms with Crippen molar-refractivity contribution in [3.05, 3.63) is 63.0 Å². The van der Waals surface area contributed by atoms with Gasteiger partial charge < -0.3 is 4.74 Å². The van der Waals surface area contributed by atoms with Crippen LogP contribution in [0.1, 0.15) is 17.5 Å². The molecule has 0 bridgehead atoms. The number of thiazole rings is 1. The van der Waals surface area contributed by atoms with E-state index in [0.717, 1.165) is 33.3 Å². The molecular weight excluding hydrogens is 366 g/mol. The first-order chi connectivity index (χ1) is 12.7. The molecule has 7 heteroatoms. The highest BCUT2D eigenvalue weighted by Crippen LogP contribution is 2.32. The monoisotopic (exact) mass is 383 g/mol. The molecule has 1 aromatic carbocycles. The summed E-state index contributed by atoms with van der Waals surface area (Å²) in [5.74, 6) is 0.791. The molecule has 0 spiro atoms. The van der Waals surface area contributed by atoms with Gasteiger partial charge in [0.15, 0.2) is 0 Å². The van der Waals surface area contributed by atoms with Crippen LogP contribution >= 0.6 is 22.7 Å². The van der Waals surface area contributed by atoms with E-state index >= 15 is 0 Å². The van der Waals surface area contributed by atoms with Gasteiger partial charge in [0.1, 0.15) is 15.6 Å². The van der Waals surface area contributed by atoms with Crippen molar-refractivity contribution >= 4 is 32.9 Å². The van der Waals surface area contributed by atoms with Gasteiger partial charge in [0.2, 0.25) is 0 Å². The molecule has 3 heterocycles. The summed E-state index contributed by atoms with van der Waals surface area (Å²) in [6.45, 7) is 2.49. The minimum Gasteiger partial charge on any atom is -0.496 e. The highest BCUT2D eigenvalue weighted by molar-refractivity contribution is 7.18. The van der Waals surface area contributed by atoms with E-state index in [1.54, 1.807) is 40.7 Å². The molecule has 0 radical (unpaired) electrons. The van der Waals surface area contributed by atoms with Crippen molar-refractivity contribution in [2.45, 2.75) is 19.9 Å². The largest absolute Gasteiger partial charge is 0.496 e. The van der Waals surface area contributed by atoms with Crippen LogP contribution in [0.2, 0.25) is 0 Å². The molecular formula is C19H17N3O2S2. The molecule has 0 aliphatic heterocycles. The third kappa shape index (κ3) is 3.04. The Kier molecular flexibility index (Phi) is 4.57. The van der Waals surface area contributed by atoms with Crippen molar-refractivity contribution in [3.63, 3.8) is 0 Å². The van der Waals surface area contributed by atoms with Gasteiger partial charge in [0, 0.05) is 10.3 Å². The number of hydrogen-bond acceptors (Lipinski definition) is 6. The number of hydrogen-bond donors (Lipinski definition) is 0. The molecule has 4 aromatic rings. The second kappa shape index (κ2) is 7.01. The zero-order valence-corrected chi connectivity index (χ0v) is 16.1. The second-order valence-electron chi connectivity index (χ2n) is 5.81. The molecule has 3 aromatic heterocycles. The summed E-state index contributed by atoms with van der Waals surface area (Å²) < 4.78 is 7.03. The predicted octanol–water partition coefficient (Wildman–Crippen LogP) is 4.20. The van der Waals surface area contributed by atoms with E-state index in [1.165, 1.54) is 4.88 Å². The minimum absolute atomic E-state index is 0.0159. The quantitative estimate of drug-likeness (QED) is 0.518. The Balaban J connectivity index is 1.66. The lowest BCUT2D eigenvalue weighted by Crippen LogP contribution is -2.20. The summed E-state index contributed by atoms with van der Waals surface area (Å²) in [4.78, 5) is 23.8. The number of aromatic nitrogens is 3. The topological polar surface area (TPSA) is 57.0 Å². The first kappa shape index (κ1) is 16.9. The van der Waals surface area contributed by atoms with Gasteiger partial charge in [-0.15, -0.1) is 22.7 Å². The second-order valence-corrected chi connectivity index (χ2v) is 7.78. The smallest absolute Gasteiger partial charge is 0.262 e. The van der Waals surface area contributed by atoms with Crippen LogP contribution in [0.15, 0.2) is 46.8 Å². The van der Waals surface area contributed by atoms with Gasteiger partial charge in [-0.2, -0.15) is 0 Å². The summed E-state index contributed by atoms with van der Waals surface area (Å²) in [6, 6.07) is 9.75. The zero-order chi connectivity index (χ0) is 18.1. The Morgan fingerprint density at radius 3 is 2.92 bits per heavy atom. The summed E-state index contributed by atoms with van der Waals surface area (Å²) in [7, 11) is 1.65. The van der Waals surface area contributed by atoms with Crippen molar-refractivity contribution in [3.8, 4) is 16.3 Å². The van der Waals surface area contributed by atoms with Crippen LogP contribution in [0.5, 0.6) is 5.75 Å². The van der Waals surface area contributed by atoms with Crippen LogP contribution in [-0.4, -0.2) is 21.6 Å². The van der Waals surface area contributed by atoms with Crippen LogP contribution in [-0.2, 0) is 13.0 Å². The third-order valence-corrected chi connectivity index (χ3v) is 6.25. The van der Waals surface area contributed by atoms with E-state index in [2.05, 4.69) is 16.9 Å². The van der Waals surface area contributed by atoms with Crippen LogP contribution in [0.25, 0.3) is 20.8 Å². The Bertz CT molecular complexity index is 1130. The zero-order valence-electron chi connectivity index (χ0n) is 14.4. The molecule has 0 unspecified atom stereocenters. The van der Waals surface area contributed by atoms with Gasteiger partial charge >= 0.3 is 0 Å². The maximum Gasteiger partial charge on any atom is 0.262 e. The van der Waals surface area contributed by atoms with Crippen molar-refractivity contribution in [2.75, 3.05) is 7.11 Å². The number of rotatable bonds is 5. The maximum absolute atomic E-state index is 12.7. The molecule has 0 aliphatic carbocycles. The number of aryl methyl sites for hydroxylation is 1. The average Bonchev–Trinajstić information content (AvgIpc) is 3.31. The van der Waals surface area contributed by atoms with Crippen molar-refractivity contribution in [1.82, 2.24) is 14.5 Å². The number of ether oxygens (including phenoxy) is 1. The van der Waals surface area contributed by atoms with Crippen molar-refractivity contribution in [2.24, 2.45) is 0 Å². The molecule has 0 atom stereocenters. The first-order valence-electron chi connectivity index (χ1n) is 8.25. The number of thiophene rings is 1. The fourth-order valence-corrected chi connectivity index (χ4v) is 4.56. The Labute approximate surface area is 158 Å². The molecule has 5 nitrogen and oxygen atoms in total. The van der Waals surface area contributed by atoms with E-state index < -0.39 is 0 Å². The predicted molar refractivity (Wildman–Crippen MR) is 106 cm³/mol. The first-order valence-corrected chi connectivity index (χ1v) is 9.95. The third-order valence-electron chi connectivity index (χ3n) is 4.14. The average molecular weight is 383 g/mol.